The van der Waals surface area contributed by atoms with Crippen molar-refractivity contribution in [1.82, 2.24) is 0 Å². The lowest BCUT2D eigenvalue weighted by molar-refractivity contribution is 0.174. The van der Waals surface area contributed by atoms with E-state index in [1.807, 2.05) is 44.3 Å². The Morgan fingerprint density at radius 2 is 1.77 bits per heavy atom. The highest BCUT2D eigenvalue weighted by Crippen LogP contribution is 2.36. The van der Waals surface area contributed by atoms with Crippen LogP contribution >= 0.6 is 0 Å². The predicted molar refractivity (Wildman–Crippen MR) is 109 cm³/mol. The Morgan fingerprint density at radius 3 is 2.31 bits per heavy atom. The summed E-state index contributed by atoms with van der Waals surface area (Å²) in [6.45, 7) is 9.95. The average molecular weight is 352 g/mol. The minimum Gasteiger partial charge on any atom is -0.454 e. The second-order valence-electron chi connectivity index (χ2n) is 6.56. The summed E-state index contributed by atoms with van der Waals surface area (Å²) in [5, 5.41) is 0. The number of nitrogen functional groups attached to an aromatic ring is 1. The van der Waals surface area contributed by atoms with Gasteiger partial charge in [-0.15, -0.1) is 6.58 Å². The Balaban J connectivity index is 0.000000758. The van der Waals surface area contributed by atoms with Gasteiger partial charge in [-0.05, 0) is 49.1 Å². The van der Waals surface area contributed by atoms with Crippen LogP contribution < -0.4 is 15.2 Å². The average Bonchev–Trinajstić information content (AvgIpc) is 3.05. The Kier molecular flexibility index (Phi) is 6.84. The SMILES string of the molecule is C=CC.CN=C(c1ccc(N)cc1)c1cc2c(cc1CC(C)C)OCO2. The summed E-state index contributed by atoms with van der Waals surface area (Å²) < 4.78 is 11.1. The molecule has 2 N–H and O–H groups in total. The second kappa shape index (κ2) is 9.09. The number of hydrogen-bond donors (Lipinski definition) is 1. The van der Waals surface area contributed by atoms with Crippen LogP contribution in [0.2, 0.25) is 0 Å². The molecule has 0 aromatic heterocycles. The third-order valence-corrected chi connectivity index (χ3v) is 3.89. The van der Waals surface area contributed by atoms with Crippen molar-refractivity contribution in [3.63, 3.8) is 0 Å². The first-order valence-electron chi connectivity index (χ1n) is 8.82. The summed E-state index contributed by atoms with van der Waals surface area (Å²) in [5.74, 6) is 2.14. The van der Waals surface area contributed by atoms with Gasteiger partial charge in [0.05, 0.1) is 5.71 Å². The fraction of sp³-hybridized carbons (Fsp3) is 0.318. The lowest BCUT2D eigenvalue weighted by atomic mass is 9.92. The number of aliphatic imine (C=N–C) groups is 1. The van der Waals surface area contributed by atoms with Gasteiger partial charge in [0.25, 0.3) is 0 Å². The topological polar surface area (TPSA) is 56.8 Å². The molecule has 0 saturated heterocycles. The molecule has 0 bridgehead atoms. The van der Waals surface area contributed by atoms with Gasteiger partial charge in [0, 0.05) is 23.9 Å². The molecule has 0 saturated carbocycles. The van der Waals surface area contributed by atoms with Crippen LogP contribution in [0.15, 0.2) is 54.0 Å². The highest BCUT2D eigenvalue weighted by Gasteiger charge is 2.20. The number of ether oxygens (including phenoxy) is 2. The molecule has 1 heterocycles. The van der Waals surface area contributed by atoms with E-state index in [0.29, 0.717) is 5.92 Å². The molecule has 4 nitrogen and oxygen atoms in total. The van der Waals surface area contributed by atoms with E-state index >= 15 is 0 Å². The number of allylic oxidation sites excluding steroid dienone is 1. The molecule has 0 fully saturated rings. The Labute approximate surface area is 156 Å². The van der Waals surface area contributed by atoms with Crippen LogP contribution in [0.25, 0.3) is 0 Å². The van der Waals surface area contributed by atoms with E-state index in [1.54, 1.807) is 6.08 Å². The van der Waals surface area contributed by atoms with Crippen LogP contribution in [-0.2, 0) is 6.42 Å². The van der Waals surface area contributed by atoms with Crippen LogP contribution in [0, 0.1) is 5.92 Å². The van der Waals surface area contributed by atoms with E-state index in [1.165, 1.54) is 5.56 Å². The molecule has 2 aromatic carbocycles. The van der Waals surface area contributed by atoms with Crippen molar-refractivity contribution in [2.24, 2.45) is 10.9 Å². The highest BCUT2D eigenvalue weighted by molar-refractivity contribution is 6.14. The molecule has 4 heteroatoms. The molecule has 1 aliphatic heterocycles. The lowest BCUT2D eigenvalue weighted by Crippen LogP contribution is -2.09. The van der Waals surface area contributed by atoms with E-state index in [9.17, 15) is 0 Å². The van der Waals surface area contributed by atoms with Gasteiger partial charge in [-0.25, -0.2) is 0 Å². The molecule has 1 aliphatic rings. The molecule has 0 unspecified atom stereocenters. The maximum atomic E-state index is 5.80. The molecule has 0 atom stereocenters. The number of nitrogens with zero attached hydrogens (tertiary/aromatic N) is 1. The molecule has 0 aliphatic carbocycles. The standard InChI is InChI=1S/C19H22N2O2.C3H6/c1-12(2)8-14-9-17-18(23-11-22-17)10-16(14)19(21-3)13-4-6-15(20)7-5-13;1-3-2/h4-7,9-10,12H,8,11,20H2,1-3H3;3H,1H2,2H3. The summed E-state index contributed by atoms with van der Waals surface area (Å²) >= 11 is 0. The third kappa shape index (κ3) is 4.66. The van der Waals surface area contributed by atoms with Crippen LogP contribution in [0.3, 0.4) is 0 Å². The molecular formula is C22H28N2O2. The maximum Gasteiger partial charge on any atom is 0.231 e. The van der Waals surface area contributed by atoms with Crippen molar-refractivity contribution in [2.75, 3.05) is 19.6 Å². The quantitative estimate of drug-likeness (QED) is 0.486. The van der Waals surface area contributed by atoms with Crippen molar-refractivity contribution in [3.05, 3.63) is 65.7 Å². The highest BCUT2D eigenvalue weighted by atomic mass is 16.7. The molecular weight excluding hydrogens is 324 g/mol. The fourth-order valence-electron chi connectivity index (χ4n) is 2.86. The van der Waals surface area contributed by atoms with Gasteiger partial charge in [0.1, 0.15) is 0 Å². The monoisotopic (exact) mass is 352 g/mol. The number of nitrogens with two attached hydrogens (primary N) is 1. The second-order valence-corrected chi connectivity index (χ2v) is 6.56. The first kappa shape index (κ1) is 19.6. The van der Waals surface area contributed by atoms with Crippen LogP contribution in [-0.4, -0.2) is 19.6 Å². The van der Waals surface area contributed by atoms with Gasteiger partial charge in [-0.3, -0.25) is 4.99 Å². The van der Waals surface area contributed by atoms with Crippen LogP contribution in [0.1, 0.15) is 37.5 Å². The number of benzene rings is 2. The zero-order valence-electron chi connectivity index (χ0n) is 16.1. The Morgan fingerprint density at radius 1 is 1.19 bits per heavy atom. The van der Waals surface area contributed by atoms with Crippen molar-refractivity contribution >= 4 is 11.4 Å². The molecule has 0 radical (unpaired) electrons. The van der Waals surface area contributed by atoms with Gasteiger partial charge < -0.3 is 15.2 Å². The normalized spacial score (nSPS) is 12.6. The van der Waals surface area contributed by atoms with Crippen LogP contribution in [0.4, 0.5) is 5.69 Å². The third-order valence-electron chi connectivity index (χ3n) is 3.89. The van der Waals surface area contributed by atoms with E-state index < -0.39 is 0 Å². The molecule has 2 aromatic rings. The summed E-state index contributed by atoms with van der Waals surface area (Å²) in [4.78, 5) is 4.53. The molecule has 3 rings (SSSR count). The zero-order valence-corrected chi connectivity index (χ0v) is 16.1. The van der Waals surface area contributed by atoms with E-state index in [-0.39, 0.29) is 6.79 Å². The summed E-state index contributed by atoms with van der Waals surface area (Å²) in [7, 11) is 1.81. The predicted octanol–water partition coefficient (Wildman–Crippen LogP) is 4.86. The van der Waals surface area contributed by atoms with Gasteiger partial charge in [0.15, 0.2) is 11.5 Å². The Hall–Kier alpha value is -2.75. The molecule has 138 valence electrons. The number of fused-ring (bicyclic) bond motifs is 1. The van der Waals surface area contributed by atoms with Crippen molar-refractivity contribution in [2.45, 2.75) is 27.2 Å². The number of anilines is 1. The largest absolute Gasteiger partial charge is 0.454 e. The van der Waals surface area contributed by atoms with E-state index in [0.717, 1.165) is 40.4 Å². The first-order valence-corrected chi connectivity index (χ1v) is 8.82. The smallest absolute Gasteiger partial charge is 0.231 e. The number of rotatable bonds is 4. The van der Waals surface area contributed by atoms with Gasteiger partial charge in [-0.1, -0.05) is 32.1 Å². The van der Waals surface area contributed by atoms with Crippen molar-refractivity contribution < 1.29 is 9.47 Å². The summed E-state index contributed by atoms with van der Waals surface area (Å²) in [6, 6.07) is 11.9. The summed E-state index contributed by atoms with van der Waals surface area (Å²) in [6.07, 6.45) is 2.71. The van der Waals surface area contributed by atoms with Crippen molar-refractivity contribution in [3.8, 4) is 11.5 Å². The molecule has 26 heavy (non-hydrogen) atoms. The summed E-state index contributed by atoms with van der Waals surface area (Å²) in [5.41, 5.74) is 10.9. The van der Waals surface area contributed by atoms with Gasteiger partial charge in [-0.2, -0.15) is 0 Å². The fourth-order valence-corrected chi connectivity index (χ4v) is 2.86. The minimum absolute atomic E-state index is 0.278. The lowest BCUT2D eigenvalue weighted by Gasteiger charge is -2.15. The molecule has 0 spiro atoms. The van der Waals surface area contributed by atoms with Gasteiger partial charge >= 0.3 is 0 Å². The molecule has 0 amide bonds. The van der Waals surface area contributed by atoms with E-state index in [4.69, 9.17) is 15.2 Å². The van der Waals surface area contributed by atoms with Crippen LogP contribution in [0.5, 0.6) is 11.5 Å². The Bertz CT molecular complexity index is 777. The first-order chi connectivity index (χ1) is 12.5. The van der Waals surface area contributed by atoms with Crippen molar-refractivity contribution in [1.29, 1.82) is 0 Å². The zero-order chi connectivity index (χ0) is 19.1. The number of hydrogen-bond acceptors (Lipinski definition) is 4. The van der Waals surface area contributed by atoms with E-state index in [2.05, 4.69) is 31.5 Å². The maximum absolute atomic E-state index is 5.80. The minimum atomic E-state index is 0.278. The van der Waals surface area contributed by atoms with Gasteiger partial charge in [0.2, 0.25) is 6.79 Å².